The summed E-state index contributed by atoms with van der Waals surface area (Å²) < 4.78 is 1.45. The highest BCUT2D eigenvalue weighted by Gasteiger charge is 2.11. The Hall–Kier alpha value is -2.48. The Labute approximate surface area is 96.2 Å². The van der Waals surface area contributed by atoms with Crippen molar-refractivity contribution >= 4 is 11.5 Å². The molecule has 2 heterocycles. The number of nitrogen functional groups attached to an aromatic ring is 1. The number of aromatic nitrogens is 3. The molecule has 2 aromatic rings. The molecule has 0 unspecified atom stereocenters. The van der Waals surface area contributed by atoms with Gasteiger partial charge in [0, 0.05) is 6.20 Å². The first-order chi connectivity index (χ1) is 8.19. The van der Waals surface area contributed by atoms with Crippen molar-refractivity contribution in [1.82, 2.24) is 14.8 Å². The van der Waals surface area contributed by atoms with E-state index in [-0.39, 0.29) is 5.82 Å². The van der Waals surface area contributed by atoms with Crippen molar-refractivity contribution in [2.45, 2.75) is 6.54 Å². The SMILES string of the molecule is NNc1ccnc(Cn2ccc([N+](=O)[O-])n2)c1. The van der Waals surface area contributed by atoms with Crippen LogP contribution in [0, 0.1) is 10.1 Å². The second kappa shape index (κ2) is 4.58. The third-order valence-corrected chi connectivity index (χ3v) is 2.12. The summed E-state index contributed by atoms with van der Waals surface area (Å²) in [5.41, 5.74) is 3.92. The molecule has 0 aromatic carbocycles. The molecule has 0 atom stereocenters. The van der Waals surface area contributed by atoms with Crippen LogP contribution < -0.4 is 11.3 Å². The standard InChI is InChI=1S/C9H10N6O2/c10-12-7-1-3-11-8(5-7)6-14-4-2-9(13-14)15(16)17/h1-5H,6,10H2,(H,11,12). The van der Waals surface area contributed by atoms with Gasteiger partial charge in [0.15, 0.2) is 0 Å². The quantitative estimate of drug-likeness (QED) is 0.453. The van der Waals surface area contributed by atoms with Gasteiger partial charge in [-0.3, -0.25) is 10.8 Å². The number of anilines is 1. The van der Waals surface area contributed by atoms with Gasteiger partial charge in [0.05, 0.1) is 28.7 Å². The van der Waals surface area contributed by atoms with Gasteiger partial charge in [-0.05, 0) is 17.1 Å². The molecule has 0 bridgehead atoms. The maximum Gasteiger partial charge on any atom is 0.389 e. The van der Waals surface area contributed by atoms with Crippen molar-refractivity contribution in [3.8, 4) is 0 Å². The van der Waals surface area contributed by atoms with Gasteiger partial charge < -0.3 is 15.5 Å². The summed E-state index contributed by atoms with van der Waals surface area (Å²) in [5.74, 6) is 5.08. The summed E-state index contributed by atoms with van der Waals surface area (Å²) >= 11 is 0. The van der Waals surface area contributed by atoms with E-state index in [1.54, 1.807) is 18.3 Å². The average Bonchev–Trinajstić information content (AvgIpc) is 2.78. The van der Waals surface area contributed by atoms with Gasteiger partial charge in [-0.1, -0.05) is 0 Å². The van der Waals surface area contributed by atoms with E-state index < -0.39 is 4.92 Å². The predicted molar refractivity (Wildman–Crippen MR) is 60.0 cm³/mol. The molecule has 0 aliphatic rings. The summed E-state index contributed by atoms with van der Waals surface area (Å²) in [7, 11) is 0. The number of nitrogens with zero attached hydrogens (tertiary/aromatic N) is 4. The minimum absolute atomic E-state index is 0.182. The smallest absolute Gasteiger partial charge is 0.358 e. The molecule has 0 aliphatic carbocycles. The molecule has 0 saturated heterocycles. The minimum Gasteiger partial charge on any atom is -0.358 e. The van der Waals surface area contributed by atoms with Crippen LogP contribution in [0.5, 0.6) is 0 Å². The lowest BCUT2D eigenvalue weighted by Gasteiger charge is -2.01. The topological polar surface area (TPSA) is 112 Å². The summed E-state index contributed by atoms with van der Waals surface area (Å²) in [6, 6.07) is 4.80. The molecule has 0 fully saturated rings. The molecule has 3 N–H and O–H groups in total. The van der Waals surface area contributed by atoms with Gasteiger partial charge in [0.1, 0.15) is 6.54 Å². The zero-order valence-electron chi connectivity index (χ0n) is 8.78. The number of hydrogen-bond donors (Lipinski definition) is 2. The zero-order chi connectivity index (χ0) is 12.3. The molecule has 0 amide bonds. The van der Waals surface area contributed by atoms with Crippen molar-refractivity contribution in [1.29, 1.82) is 0 Å². The van der Waals surface area contributed by atoms with E-state index in [1.165, 1.54) is 16.9 Å². The Morgan fingerprint density at radius 3 is 3.00 bits per heavy atom. The molecule has 17 heavy (non-hydrogen) atoms. The second-order valence-corrected chi connectivity index (χ2v) is 3.31. The number of hydrogen-bond acceptors (Lipinski definition) is 6. The second-order valence-electron chi connectivity index (χ2n) is 3.31. The third kappa shape index (κ3) is 2.55. The highest BCUT2D eigenvalue weighted by atomic mass is 16.6. The van der Waals surface area contributed by atoms with Gasteiger partial charge in [-0.25, -0.2) is 0 Å². The first-order valence-corrected chi connectivity index (χ1v) is 4.78. The van der Waals surface area contributed by atoms with Crippen molar-refractivity contribution in [3.63, 3.8) is 0 Å². The van der Waals surface area contributed by atoms with Gasteiger partial charge in [-0.15, -0.1) is 0 Å². The Morgan fingerprint density at radius 1 is 1.53 bits per heavy atom. The van der Waals surface area contributed by atoms with Crippen LogP contribution in [0.1, 0.15) is 5.69 Å². The van der Waals surface area contributed by atoms with E-state index in [2.05, 4.69) is 15.5 Å². The molecule has 0 spiro atoms. The fraction of sp³-hybridized carbons (Fsp3) is 0.111. The lowest BCUT2D eigenvalue weighted by molar-refractivity contribution is -0.389. The Bertz CT molecular complexity index is 538. The number of nitrogens with one attached hydrogen (secondary N) is 1. The van der Waals surface area contributed by atoms with Crippen LogP contribution in [0.4, 0.5) is 11.5 Å². The van der Waals surface area contributed by atoms with E-state index in [1.807, 2.05) is 0 Å². The third-order valence-electron chi connectivity index (χ3n) is 2.12. The molecule has 0 radical (unpaired) electrons. The monoisotopic (exact) mass is 234 g/mol. The Morgan fingerprint density at radius 2 is 2.35 bits per heavy atom. The summed E-state index contributed by atoms with van der Waals surface area (Å²) in [5, 5.41) is 14.2. The number of nitrogens with two attached hydrogens (primary N) is 1. The fourth-order valence-corrected chi connectivity index (χ4v) is 1.36. The van der Waals surface area contributed by atoms with Crippen LogP contribution in [-0.4, -0.2) is 19.7 Å². The molecule has 2 rings (SSSR count). The van der Waals surface area contributed by atoms with Crippen molar-refractivity contribution < 1.29 is 4.92 Å². The molecule has 88 valence electrons. The lowest BCUT2D eigenvalue weighted by atomic mass is 10.3. The van der Waals surface area contributed by atoms with Crippen LogP contribution >= 0.6 is 0 Å². The maximum absolute atomic E-state index is 10.5. The van der Waals surface area contributed by atoms with Crippen molar-refractivity contribution in [2.75, 3.05) is 5.43 Å². The lowest BCUT2D eigenvalue weighted by Crippen LogP contribution is -2.08. The molecule has 2 aromatic heterocycles. The van der Waals surface area contributed by atoms with Crippen LogP contribution in [-0.2, 0) is 6.54 Å². The van der Waals surface area contributed by atoms with Crippen LogP contribution in [0.15, 0.2) is 30.6 Å². The molecule has 8 nitrogen and oxygen atoms in total. The number of rotatable bonds is 4. The molecular weight excluding hydrogens is 224 g/mol. The number of nitro groups is 1. The highest BCUT2D eigenvalue weighted by molar-refractivity contribution is 5.41. The first kappa shape index (κ1) is 11.0. The van der Waals surface area contributed by atoms with Crippen molar-refractivity contribution in [3.05, 3.63) is 46.4 Å². The normalized spacial score (nSPS) is 10.2. The van der Waals surface area contributed by atoms with Gasteiger partial charge in [0.25, 0.3) is 0 Å². The average molecular weight is 234 g/mol. The summed E-state index contributed by atoms with van der Waals surface area (Å²) in [4.78, 5) is 14.0. The summed E-state index contributed by atoms with van der Waals surface area (Å²) in [6.07, 6.45) is 3.13. The summed E-state index contributed by atoms with van der Waals surface area (Å²) in [6.45, 7) is 0.351. The van der Waals surface area contributed by atoms with Gasteiger partial charge in [0.2, 0.25) is 0 Å². The van der Waals surface area contributed by atoms with E-state index >= 15 is 0 Å². The zero-order valence-corrected chi connectivity index (χ0v) is 8.78. The maximum atomic E-state index is 10.5. The van der Waals surface area contributed by atoms with E-state index in [0.29, 0.717) is 12.2 Å². The minimum atomic E-state index is -0.540. The number of hydrazine groups is 1. The van der Waals surface area contributed by atoms with Crippen LogP contribution in [0.3, 0.4) is 0 Å². The van der Waals surface area contributed by atoms with Crippen molar-refractivity contribution in [2.24, 2.45) is 5.84 Å². The van der Waals surface area contributed by atoms with Crippen LogP contribution in [0.2, 0.25) is 0 Å². The van der Waals surface area contributed by atoms with E-state index in [9.17, 15) is 10.1 Å². The molecule has 8 heteroatoms. The Balaban J connectivity index is 2.16. The number of pyridine rings is 1. The largest absolute Gasteiger partial charge is 0.389 e. The predicted octanol–water partition coefficient (Wildman–Crippen LogP) is 0.520. The first-order valence-electron chi connectivity index (χ1n) is 4.78. The highest BCUT2D eigenvalue weighted by Crippen LogP contribution is 2.10. The molecular formula is C9H10N6O2. The van der Waals surface area contributed by atoms with E-state index in [4.69, 9.17) is 5.84 Å². The molecule has 0 saturated carbocycles. The van der Waals surface area contributed by atoms with Crippen LogP contribution in [0.25, 0.3) is 0 Å². The van der Waals surface area contributed by atoms with E-state index in [0.717, 1.165) is 5.69 Å². The van der Waals surface area contributed by atoms with Gasteiger partial charge >= 0.3 is 5.82 Å². The fourth-order valence-electron chi connectivity index (χ4n) is 1.36. The Kier molecular flexibility index (Phi) is 2.97. The van der Waals surface area contributed by atoms with Gasteiger partial charge in [-0.2, -0.15) is 4.68 Å². The molecule has 0 aliphatic heterocycles.